The molecule has 0 saturated heterocycles. The Morgan fingerprint density at radius 3 is 2.60 bits per heavy atom. The van der Waals surface area contributed by atoms with Gasteiger partial charge in [0.15, 0.2) is 14.6 Å². The molecule has 4 rings (SSSR count). The zero-order chi connectivity index (χ0) is 21.3. The van der Waals surface area contributed by atoms with Gasteiger partial charge in [0.1, 0.15) is 11.5 Å². The van der Waals surface area contributed by atoms with Crippen molar-refractivity contribution in [3.05, 3.63) is 58.9 Å². The molecule has 156 valence electrons. The summed E-state index contributed by atoms with van der Waals surface area (Å²) in [6.07, 6.45) is 0.694. The highest BCUT2D eigenvalue weighted by Crippen LogP contribution is 2.27. The van der Waals surface area contributed by atoms with Gasteiger partial charge in [0.25, 0.3) is 5.91 Å². The second kappa shape index (κ2) is 8.16. The highest BCUT2D eigenvalue weighted by molar-refractivity contribution is 7.92. The number of aromatic nitrogens is 1. The lowest BCUT2D eigenvalue weighted by Crippen LogP contribution is -2.36. The molecular formula is C21H21N3O4S2. The van der Waals surface area contributed by atoms with E-state index in [0.29, 0.717) is 24.3 Å². The van der Waals surface area contributed by atoms with Crippen molar-refractivity contribution in [3.63, 3.8) is 0 Å². The van der Waals surface area contributed by atoms with Crippen LogP contribution in [0.2, 0.25) is 0 Å². The van der Waals surface area contributed by atoms with E-state index in [1.54, 1.807) is 6.07 Å². The summed E-state index contributed by atoms with van der Waals surface area (Å²) in [5.74, 6) is -2.77. The summed E-state index contributed by atoms with van der Waals surface area (Å²) in [5, 5.41) is 0. The highest BCUT2D eigenvalue weighted by atomic mass is 32.2. The minimum atomic E-state index is -3.93. The van der Waals surface area contributed by atoms with Gasteiger partial charge in [-0.3, -0.25) is 9.59 Å². The number of carbonyl (C=O) groups excluding carboxylic acids is 2. The molecule has 0 aliphatic carbocycles. The number of rotatable bonds is 5. The van der Waals surface area contributed by atoms with Crippen molar-refractivity contribution in [3.8, 4) is 0 Å². The number of hydrogen-bond donors (Lipinski definition) is 0. The van der Waals surface area contributed by atoms with Gasteiger partial charge in [0.2, 0.25) is 5.91 Å². The van der Waals surface area contributed by atoms with Crippen molar-refractivity contribution >= 4 is 48.9 Å². The summed E-state index contributed by atoms with van der Waals surface area (Å²) < 4.78 is 27.9. The number of sulfone groups is 1. The van der Waals surface area contributed by atoms with Crippen molar-refractivity contribution in [2.75, 3.05) is 23.0 Å². The Hall–Kier alpha value is -2.78. The van der Waals surface area contributed by atoms with Crippen LogP contribution in [0.1, 0.15) is 12.5 Å². The first-order valence-electron chi connectivity index (χ1n) is 9.62. The minimum Gasteiger partial charge on any atom is -0.317 e. The van der Waals surface area contributed by atoms with Crippen LogP contribution in [0.5, 0.6) is 0 Å². The summed E-state index contributed by atoms with van der Waals surface area (Å²) in [6, 6.07) is 15.1. The van der Waals surface area contributed by atoms with E-state index in [4.69, 9.17) is 0 Å². The molecule has 0 bridgehead atoms. The van der Waals surface area contributed by atoms with Gasteiger partial charge in [0.05, 0.1) is 10.2 Å². The number of benzene rings is 2. The Morgan fingerprint density at radius 2 is 1.80 bits per heavy atom. The van der Waals surface area contributed by atoms with Gasteiger partial charge in [-0.15, -0.1) is 0 Å². The molecule has 2 heterocycles. The zero-order valence-corrected chi connectivity index (χ0v) is 18.1. The topological polar surface area (TPSA) is 88.8 Å². The molecule has 2 aromatic carbocycles. The van der Waals surface area contributed by atoms with Crippen molar-refractivity contribution in [1.82, 2.24) is 4.57 Å². The van der Waals surface area contributed by atoms with E-state index in [0.717, 1.165) is 21.5 Å². The average Bonchev–Trinajstić information content (AvgIpc) is 3.27. The fourth-order valence-corrected chi connectivity index (χ4v) is 5.84. The molecule has 1 aliphatic heterocycles. The molecule has 1 aliphatic rings. The SMILES string of the molecule is CCn1c(=NC(=O)CS(=O)(=O)CC(=O)N2CCc3ccccc32)sc2ccccc21. The van der Waals surface area contributed by atoms with Crippen LogP contribution >= 0.6 is 11.3 Å². The zero-order valence-electron chi connectivity index (χ0n) is 16.4. The number of amides is 2. The van der Waals surface area contributed by atoms with E-state index in [9.17, 15) is 18.0 Å². The molecule has 0 spiro atoms. The number of thiazole rings is 1. The summed E-state index contributed by atoms with van der Waals surface area (Å²) in [6.45, 7) is 2.99. The summed E-state index contributed by atoms with van der Waals surface area (Å²) in [7, 11) is -3.93. The Kier molecular flexibility index (Phi) is 5.57. The number of anilines is 1. The molecule has 7 nitrogen and oxygen atoms in total. The summed E-state index contributed by atoms with van der Waals surface area (Å²) in [4.78, 5) is 30.9. The molecular weight excluding hydrogens is 422 g/mol. The van der Waals surface area contributed by atoms with Crippen LogP contribution in [-0.2, 0) is 32.4 Å². The van der Waals surface area contributed by atoms with E-state index in [2.05, 4.69) is 4.99 Å². The fourth-order valence-electron chi connectivity index (χ4n) is 3.65. The van der Waals surface area contributed by atoms with E-state index < -0.39 is 33.2 Å². The largest absolute Gasteiger partial charge is 0.317 e. The number of para-hydroxylation sites is 2. The number of carbonyl (C=O) groups is 2. The molecule has 0 radical (unpaired) electrons. The first-order chi connectivity index (χ1) is 14.4. The number of hydrogen-bond acceptors (Lipinski definition) is 5. The van der Waals surface area contributed by atoms with Crippen molar-refractivity contribution < 1.29 is 18.0 Å². The van der Waals surface area contributed by atoms with Crippen molar-refractivity contribution in [1.29, 1.82) is 0 Å². The molecule has 0 N–H and O–H groups in total. The lowest BCUT2D eigenvalue weighted by molar-refractivity contribution is -0.116. The third-order valence-corrected chi connectivity index (χ3v) is 7.43. The third kappa shape index (κ3) is 4.08. The first kappa shape index (κ1) is 20.5. The van der Waals surface area contributed by atoms with E-state index in [1.165, 1.54) is 16.2 Å². The third-order valence-electron chi connectivity index (χ3n) is 5.00. The Labute approximate surface area is 178 Å². The maximum absolute atomic E-state index is 12.6. The summed E-state index contributed by atoms with van der Waals surface area (Å²) in [5.41, 5.74) is 2.70. The highest BCUT2D eigenvalue weighted by Gasteiger charge is 2.29. The van der Waals surface area contributed by atoms with Gasteiger partial charge in [0, 0.05) is 18.8 Å². The molecule has 0 saturated carbocycles. The van der Waals surface area contributed by atoms with Crippen LogP contribution in [-0.4, -0.2) is 42.8 Å². The van der Waals surface area contributed by atoms with Gasteiger partial charge in [-0.1, -0.05) is 41.7 Å². The molecule has 0 unspecified atom stereocenters. The van der Waals surface area contributed by atoms with Crippen LogP contribution in [0, 0.1) is 0 Å². The number of nitrogens with zero attached hydrogens (tertiary/aromatic N) is 3. The second-order valence-corrected chi connectivity index (χ2v) is 10.1. The lowest BCUT2D eigenvalue weighted by Gasteiger charge is -2.17. The van der Waals surface area contributed by atoms with E-state index >= 15 is 0 Å². The van der Waals surface area contributed by atoms with Crippen molar-refractivity contribution in [2.24, 2.45) is 4.99 Å². The van der Waals surface area contributed by atoms with Crippen LogP contribution in [0.25, 0.3) is 10.2 Å². The van der Waals surface area contributed by atoms with Crippen molar-refractivity contribution in [2.45, 2.75) is 19.9 Å². The van der Waals surface area contributed by atoms with Crippen LogP contribution in [0.4, 0.5) is 5.69 Å². The van der Waals surface area contributed by atoms with Gasteiger partial charge in [-0.25, -0.2) is 8.42 Å². The molecule has 0 atom stereocenters. The predicted molar refractivity (Wildman–Crippen MR) is 117 cm³/mol. The molecule has 0 fully saturated rings. The average molecular weight is 444 g/mol. The molecule has 1 aromatic heterocycles. The van der Waals surface area contributed by atoms with Gasteiger partial charge in [-0.05, 0) is 37.1 Å². The molecule has 9 heteroatoms. The monoisotopic (exact) mass is 443 g/mol. The second-order valence-electron chi connectivity index (χ2n) is 7.06. The first-order valence-corrected chi connectivity index (χ1v) is 12.3. The van der Waals surface area contributed by atoms with Crippen LogP contribution < -0.4 is 9.70 Å². The maximum atomic E-state index is 12.6. The molecule has 2 amide bonds. The Balaban J connectivity index is 1.51. The number of aryl methyl sites for hydroxylation is 1. The quantitative estimate of drug-likeness (QED) is 0.604. The predicted octanol–water partition coefficient (Wildman–Crippen LogP) is 2.15. The van der Waals surface area contributed by atoms with E-state index in [-0.39, 0.29) is 0 Å². The molecule has 30 heavy (non-hydrogen) atoms. The standard InChI is InChI=1S/C21H21N3O4S2/c1-2-23-17-9-5-6-10-18(17)29-21(23)22-19(25)13-30(27,28)14-20(26)24-12-11-15-7-3-4-8-16(15)24/h3-10H,2,11-14H2,1H3. The number of fused-ring (bicyclic) bond motifs is 2. The molecule has 3 aromatic rings. The van der Waals surface area contributed by atoms with Gasteiger partial charge in [-0.2, -0.15) is 4.99 Å². The normalized spacial score (nSPS) is 14.3. The Morgan fingerprint density at radius 1 is 1.07 bits per heavy atom. The van der Waals surface area contributed by atoms with Crippen LogP contribution in [0.3, 0.4) is 0 Å². The van der Waals surface area contributed by atoms with E-state index in [1.807, 2.05) is 54.0 Å². The lowest BCUT2D eigenvalue weighted by atomic mass is 10.2. The van der Waals surface area contributed by atoms with Crippen LogP contribution in [0.15, 0.2) is 53.5 Å². The smallest absolute Gasteiger partial charge is 0.263 e. The van der Waals surface area contributed by atoms with Gasteiger partial charge >= 0.3 is 0 Å². The minimum absolute atomic E-state index is 0.449. The van der Waals surface area contributed by atoms with Gasteiger partial charge < -0.3 is 9.47 Å². The summed E-state index contributed by atoms with van der Waals surface area (Å²) >= 11 is 1.33. The Bertz CT molecular complexity index is 1310. The maximum Gasteiger partial charge on any atom is 0.263 e. The fraction of sp³-hybridized carbons (Fsp3) is 0.286.